The van der Waals surface area contributed by atoms with Gasteiger partial charge in [-0.1, -0.05) is 6.07 Å². The van der Waals surface area contributed by atoms with Crippen LogP contribution < -0.4 is 0 Å². The van der Waals surface area contributed by atoms with Gasteiger partial charge in [-0.25, -0.2) is 4.98 Å². The number of imidazole rings is 1. The maximum atomic E-state index is 4.62. The maximum Gasteiger partial charge on any atom is 0.155 e. The Morgan fingerprint density at radius 3 is 2.65 bits per heavy atom. The minimum Gasteiger partial charge on any atom is -0.348 e. The molecule has 0 saturated heterocycles. The third-order valence-corrected chi connectivity index (χ3v) is 3.02. The quantitative estimate of drug-likeness (QED) is 0.678. The highest BCUT2D eigenvalue weighted by molar-refractivity contribution is 5.79. The zero-order valence-electron chi connectivity index (χ0n) is 10.3. The number of nitrogens with one attached hydrogen (secondary N) is 1. The molecule has 0 radical (unpaired) electrons. The Labute approximate surface area is 100 Å². The summed E-state index contributed by atoms with van der Waals surface area (Å²) in [5.74, 6) is 0.932. The molecule has 17 heavy (non-hydrogen) atoms. The predicted octanol–water partition coefficient (Wildman–Crippen LogP) is 3.19. The molecule has 3 heteroatoms. The van der Waals surface area contributed by atoms with Gasteiger partial charge in [0.1, 0.15) is 0 Å². The summed E-state index contributed by atoms with van der Waals surface area (Å²) in [5.41, 5.74) is 5.73. The van der Waals surface area contributed by atoms with Crippen LogP contribution in [0.25, 0.3) is 22.6 Å². The van der Waals surface area contributed by atoms with E-state index in [1.807, 2.05) is 7.05 Å². The van der Waals surface area contributed by atoms with Gasteiger partial charge in [-0.3, -0.25) is 0 Å². The summed E-state index contributed by atoms with van der Waals surface area (Å²) in [4.78, 5) is 8.00. The molecule has 0 fully saturated rings. The standard InChI is InChI=1S/C14H15N3/c1-9-4-5-11-12(6-9)16-14(15-11)13-7-10(2)8-17(13)3/h4-8H,1-3H3,(H,15,16). The zero-order valence-corrected chi connectivity index (χ0v) is 10.3. The molecule has 0 spiro atoms. The summed E-state index contributed by atoms with van der Waals surface area (Å²) in [6.45, 7) is 4.18. The van der Waals surface area contributed by atoms with Crippen molar-refractivity contribution in [2.24, 2.45) is 7.05 Å². The van der Waals surface area contributed by atoms with Crippen LogP contribution in [0.1, 0.15) is 11.1 Å². The Balaban J connectivity index is 2.21. The van der Waals surface area contributed by atoms with Gasteiger partial charge in [0.2, 0.25) is 0 Å². The van der Waals surface area contributed by atoms with Crippen LogP contribution in [0.4, 0.5) is 0 Å². The van der Waals surface area contributed by atoms with Gasteiger partial charge in [-0.05, 0) is 43.2 Å². The number of H-pyrrole nitrogens is 1. The Morgan fingerprint density at radius 2 is 1.94 bits per heavy atom. The number of rotatable bonds is 1. The zero-order chi connectivity index (χ0) is 12.0. The number of fused-ring (bicyclic) bond motifs is 1. The molecule has 3 nitrogen and oxygen atoms in total. The average Bonchev–Trinajstić information content (AvgIpc) is 2.80. The molecule has 1 aromatic carbocycles. The van der Waals surface area contributed by atoms with E-state index >= 15 is 0 Å². The fourth-order valence-electron chi connectivity index (χ4n) is 2.21. The van der Waals surface area contributed by atoms with Gasteiger partial charge in [-0.15, -0.1) is 0 Å². The van der Waals surface area contributed by atoms with Gasteiger partial charge >= 0.3 is 0 Å². The number of hydrogen-bond acceptors (Lipinski definition) is 1. The van der Waals surface area contributed by atoms with E-state index in [-0.39, 0.29) is 0 Å². The van der Waals surface area contributed by atoms with Gasteiger partial charge in [-0.2, -0.15) is 0 Å². The van der Waals surface area contributed by atoms with Crippen LogP contribution in [0.3, 0.4) is 0 Å². The molecule has 0 amide bonds. The Bertz CT molecular complexity index is 689. The highest BCUT2D eigenvalue weighted by atomic mass is 15.0. The van der Waals surface area contributed by atoms with E-state index in [1.165, 1.54) is 11.1 Å². The topological polar surface area (TPSA) is 33.6 Å². The maximum absolute atomic E-state index is 4.62. The lowest BCUT2D eigenvalue weighted by atomic mass is 10.2. The number of aromatic amines is 1. The van der Waals surface area contributed by atoms with Crippen molar-refractivity contribution in [1.29, 1.82) is 0 Å². The van der Waals surface area contributed by atoms with Crippen LogP contribution in [-0.2, 0) is 7.05 Å². The number of nitrogens with zero attached hydrogens (tertiary/aromatic N) is 2. The van der Waals surface area contributed by atoms with Gasteiger partial charge in [0.25, 0.3) is 0 Å². The first-order valence-electron chi connectivity index (χ1n) is 5.73. The van der Waals surface area contributed by atoms with Crippen molar-refractivity contribution >= 4 is 11.0 Å². The van der Waals surface area contributed by atoms with Gasteiger partial charge in [0.05, 0.1) is 16.7 Å². The smallest absolute Gasteiger partial charge is 0.155 e. The van der Waals surface area contributed by atoms with Crippen LogP contribution in [0.5, 0.6) is 0 Å². The van der Waals surface area contributed by atoms with E-state index in [9.17, 15) is 0 Å². The SMILES string of the molecule is Cc1ccc2nc(-c3cc(C)cn3C)[nH]c2c1. The Kier molecular flexibility index (Phi) is 2.08. The Morgan fingerprint density at radius 1 is 1.12 bits per heavy atom. The van der Waals surface area contributed by atoms with Gasteiger partial charge in [0.15, 0.2) is 5.82 Å². The van der Waals surface area contributed by atoms with E-state index in [1.54, 1.807) is 0 Å². The minimum absolute atomic E-state index is 0.932. The Hall–Kier alpha value is -2.03. The van der Waals surface area contributed by atoms with Crippen LogP contribution >= 0.6 is 0 Å². The lowest BCUT2D eigenvalue weighted by molar-refractivity contribution is 0.924. The number of aromatic nitrogens is 3. The number of benzene rings is 1. The predicted molar refractivity (Wildman–Crippen MR) is 70.0 cm³/mol. The molecule has 0 saturated carbocycles. The molecule has 86 valence electrons. The lowest BCUT2D eigenvalue weighted by Gasteiger charge is -1.97. The van der Waals surface area contributed by atoms with Gasteiger partial charge < -0.3 is 9.55 Å². The molecular weight excluding hydrogens is 210 g/mol. The highest BCUT2D eigenvalue weighted by Crippen LogP contribution is 2.22. The van der Waals surface area contributed by atoms with Crippen molar-refractivity contribution in [3.8, 4) is 11.5 Å². The second-order valence-corrected chi connectivity index (χ2v) is 4.62. The summed E-state index contributed by atoms with van der Waals surface area (Å²) in [5, 5.41) is 0. The van der Waals surface area contributed by atoms with Crippen LogP contribution in [-0.4, -0.2) is 14.5 Å². The molecule has 0 bridgehead atoms. The fraction of sp³-hybridized carbons (Fsp3) is 0.214. The van der Waals surface area contributed by atoms with Crippen molar-refractivity contribution in [3.05, 3.63) is 41.6 Å². The molecule has 0 unspecified atom stereocenters. The van der Waals surface area contributed by atoms with Crippen LogP contribution in [0.2, 0.25) is 0 Å². The fourth-order valence-corrected chi connectivity index (χ4v) is 2.21. The molecular formula is C14H15N3. The number of aryl methyl sites for hydroxylation is 3. The third-order valence-electron chi connectivity index (χ3n) is 3.02. The van der Waals surface area contributed by atoms with Crippen molar-refractivity contribution in [2.45, 2.75) is 13.8 Å². The van der Waals surface area contributed by atoms with Crippen molar-refractivity contribution in [3.63, 3.8) is 0 Å². The summed E-state index contributed by atoms with van der Waals surface area (Å²) in [7, 11) is 2.04. The first-order valence-corrected chi connectivity index (χ1v) is 5.73. The largest absolute Gasteiger partial charge is 0.348 e. The van der Waals surface area contributed by atoms with Crippen molar-refractivity contribution in [1.82, 2.24) is 14.5 Å². The second kappa shape index (κ2) is 3.48. The highest BCUT2D eigenvalue weighted by Gasteiger charge is 2.08. The first kappa shape index (κ1) is 10.1. The van der Waals surface area contributed by atoms with E-state index < -0.39 is 0 Å². The van der Waals surface area contributed by atoms with E-state index in [0.29, 0.717) is 0 Å². The molecule has 3 aromatic rings. The second-order valence-electron chi connectivity index (χ2n) is 4.62. The molecule has 2 aromatic heterocycles. The normalized spacial score (nSPS) is 11.2. The molecule has 0 aliphatic rings. The molecule has 2 heterocycles. The van der Waals surface area contributed by atoms with Crippen molar-refractivity contribution < 1.29 is 0 Å². The molecule has 0 atom stereocenters. The minimum atomic E-state index is 0.932. The van der Waals surface area contributed by atoms with Gasteiger partial charge in [0, 0.05) is 13.2 Å². The van der Waals surface area contributed by atoms with Crippen molar-refractivity contribution in [2.75, 3.05) is 0 Å². The molecule has 0 aliphatic heterocycles. The van der Waals surface area contributed by atoms with Crippen LogP contribution in [0.15, 0.2) is 30.5 Å². The molecule has 0 aliphatic carbocycles. The summed E-state index contributed by atoms with van der Waals surface area (Å²) in [6.07, 6.45) is 2.10. The number of hydrogen-bond donors (Lipinski definition) is 1. The first-order chi connectivity index (χ1) is 8.13. The van der Waals surface area contributed by atoms with E-state index in [4.69, 9.17) is 0 Å². The third kappa shape index (κ3) is 1.64. The molecule has 1 N–H and O–H groups in total. The average molecular weight is 225 g/mol. The molecule has 3 rings (SSSR count). The lowest BCUT2D eigenvalue weighted by Crippen LogP contribution is -1.90. The summed E-state index contributed by atoms with van der Waals surface area (Å²) < 4.78 is 2.10. The summed E-state index contributed by atoms with van der Waals surface area (Å²) in [6, 6.07) is 8.41. The van der Waals surface area contributed by atoms with E-state index in [0.717, 1.165) is 22.6 Å². The van der Waals surface area contributed by atoms with Crippen LogP contribution in [0, 0.1) is 13.8 Å². The van der Waals surface area contributed by atoms with E-state index in [2.05, 4.69) is 58.8 Å². The summed E-state index contributed by atoms with van der Waals surface area (Å²) >= 11 is 0. The monoisotopic (exact) mass is 225 g/mol.